The lowest BCUT2D eigenvalue weighted by molar-refractivity contribution is -0.138. The molecular formula is C19H37NO3S. The maximum absolute atomic E-state index is 12.4. The van der Waals surface area contributed by atoms with Gasteiger partial charge in [0.15, 0.2) is 0 Å². The van der Waals surface area contributed by atoms with Crippen LogP contribution in [0.5, 0.6) is 0 Å². The summed E-state index contributed by atoms with van der Waals surface area (Å²) in [6, 6.07) is -0.00635. The minimum atomic E-state index is -1.15. The van der Waals surface area contributed by atoms with Gasteiger partial charge in [0.2, 0.25) is 0 Å². The number of hydrogen-bond donors (Lipinski definition) is 1. The van der Waals surface area contributed by atoms with Crippen LogP contribution in [0.25, 0.3) is 0 Å². The largest absolute Gasteiger partial charge is 0.463 e. The third kappa shape index (κ3) is 11.0. The third-order valence-electron chi connectivity index (χ3n) is 3.79. The Hall–Kier alpha value is -0.680. The molecule has 0 bridgehead atoms. The van der Waals surface area contributed by atoms with E-state index < -0.39 is 11.0 Å². The van der Waals surface area contributed by atoms with Crippen molar-refractivity contribution in [1.82, 2.24) is 4.72 Å². The maximum Gasteiger partial charge on any atom is 0.333 e. The number of esters is 1. The van der Waals surface area contributed by atoms with Crippen molar-refractivity contribution in [2.24, 2.45) is 0 Å². The number of hydrogen-bond acceptors (Lipinski definition) is 3. The van der Waals surface area contributed by atoms with E-state index >= 15 is 0 Å². The van der Waals surface area contributed by atoms with E-state index in [1.54, 1.807) is 6.92 Å². The molecular weight excluding hydrogens is 322 g/mol. The van der Waals surface area contributed by atoms with Crippen molar-refractivity contribution in [1.29, 1.82) is 0 Å². The van der Waals surface area contributed by atoms with Gasteiger partial charge in [0.05, 0.1) is 22.3 Å². The van der Waals surface area contributed by atoms with E-state index in [-0.39, 0.29) is 16.8 Å². The molecule has 0 heterocycles. The van der Waals surface area contributed by atoms with Crippen LogP contribution < -0.4 is 4.72 Å². The highest BCUT2D eigenvalue weighted by atomic mass is 32.2. The average Bonchev–Trinajstić information content (AvgIpc) is 2.49. The second-order valence-corrected chi connectivity index (χ2v) is 9.28. The molecule has 0 aromatic heterocycles. The molecule has 1 N–H and O–H groups in total. The second kappa shape index (κ2) is 12.6. The fraction of sp³-hybridized carbons (Fsp3) is 0.842. The molecule has 0 aromatic rings. The predicted octanol–water partition coefficient (Wildman–Crippen LogP) is 4.67. The molecule has 0 aliphatic heterocycles. The van der Waals surface area contributed by atoms with Crippen LogP contribution in [-0.4, -0.2) is 27.6 Å². The Morgan fingerprint density at radius 3 is 2.25 bits per heavy atom. The van der Waals surface area contributed by atoms with Crippen LogP contribution in [0.1, 0.15) is 86.0 Å². The van der Waals surface area contributed by atoms with Crippen molar-refractivity contribution in [2.45, 2.75) is 96.8 Å². The van der Waals surface area contributed by atoms with Gasteiger partial charge >= 0.3 is 5.97 Å². The summed E-state index contributed by atoms with van der Waals surface area (Å²) in [4.78, 5) is 11.8. The Kier molecular flexibility index (Phi) is 12.3. The van der Waals surface area contributed by atoms with E-state index in [0.717, 1.165) is 12.8 Å². The summed E-state index contributed by atoms with van der Waals surface area (Å²) in [6.45, 7) is 14.0. The van der Waals surface area contributed by atoms with Crippen LogP contribution in [0.2, 0.25) is 0 Å². The van der Waals surface area contributed by atoms with E-state index in [1.807, 2.05) is 20.8 Å². The van der Waals surface area contributed by atoms with Crippen LogP contribution >= 0.6 is 0 Å². The minimum Gasteiger partial charge on any atom is -0.463 e. The summed E-state index contributed by atoms with van der Waals surface area (Å²) in [5.74, 6) is -0.353. The van der Waals surface area contributed by atoms with Gasteiger partial charge in [-0.25, -0.2) is 13.7 Å². The molecule has 0 amide bonds. The molecule has 2 atom stereocenters. The molecule has 0 aliphatic carbocycles. The molecule has 24 heavy (non-hydrogen) atoms. The fourth-order valence-corrected chi connectivity index (χ4v) is 3.17. The number of carbonyl (C=O) groups is 1. The molecule has 5 heteroatoms. The van der Waals surface area contributed by atoms with E-state index in [9.17, 15) is 9.00 Å². The summed E-state index contributed by atoms with van der Waals surface area (Å²) >= 11 is 0. The Morgan fingerprint density at radius 1 is 1.12 bits per heavy atom. The average molecular weight is 360 g/mol. The van der Waals surface area contributed by atoms with Crippen molar-refractivity contribution in [3.63, 3.8) is 0 Å². The zero-order chi connectivity index (χ0) is 18.6. The molecule has 1 unspecified atom stereocenters. The van der Waals surface area contributed by atoms with E-state index in [0.29, 0.717) is 18.6 Å². The highest BCUT2D eigenvalue weighted by Crippen LogP contribution is 2.17. The SMILES string of the molecule is C=C(C[C@H](CCCCCCCC)NS(=O)C(C)(C)C)C(=O)OCC. The molecule has 0 saturated heterocycles. The van der Waals surface area contributed by atoms with Crippen LogP contribution in [0.3, 0.4) is 0 Å². The lowest BCUT2D eigenvalue weighted by Gasteiger charge is -2.24. The summed E-state index contributed by atoms with van der Waals surface area (Å²) < 4.78 is 20.2. The highest BCUT2D eigenvalue weighted by molar-refractivity contribution is 7.84. The monoisotopic (exact) mass is 359 g/mol. The van der Waals surface area contributed by atoms with Crippen molar-refractivity contribution in [2.75, 3.05) is 6.61 Å². The predicted molar refractivity (Wildman–Crippen MR) is 103 cm³/mol. The summed E-state index contributed by atoms with van der Waals surface area (Å²) in [6.07, 6.45) is 8.66. The minimum absolute atomic E-state index is 0.00635. The van der Waals surface area contributed by atoms with E-state index in [2.05, 4.69) is 18.2 Å². The van der Waals surface area contributed by atoms with Gasteiger partial charge in [0, 0.05) is 11.6 Å². The Balaban J connectivity index is 4.51. The summed E-state index contributed by atoms with van der Waals surface area (Å²) in [5.41, 5.74) is 0.450. The van der Waals surface area contributed by atoms with Gasteiger partial charge in [0.1, 0.15) is 0 Å². The smallest absolute Gasteiger partial charge is 0.333 e. The Bertz CT molecular complexity index is 402. The number of rotatable bonds is 13. The van der Waals surface area contributed by atoms with Crippen LogP contribution in [0.4, 0.5) is 0 Å². The van der Waals surface area contributed by atoms with Crippen LogP contribution in [-0.2, 0) is 20.5 Å². The van der Waals surface area contributed by atoms with Gasteiger partial charge in [-0.2, -0.15) is 0 Å². The molecule has 4 nitrogen and oxygen atoms in total. The Labute approximate surface area is 151 Å². The Morgan fingerprint density at radius 2 is 1.71 bits per heavy atom. The standard InChI is InChI=1S/C19H37NO3S/c1-7-9-10-11-12-13-14-17(20-24(22)19(4,5)6)15-16(3)18(21)23-8-2/h17,20H,3,7-15H2,1-2,4-6H3/t17-,24?/m0/s1. The van der Waals surface area contributed by atoms with Gasteiger partial charge in [-0.15, -0.1) is 0 Å². The van der Waals surface area contributed by atoms with Crippen molar-refractivity contribution >= 4 is 17.0 Å². The molecule has 0 saturated carbocycles. The molecule has 0 fully saturated rings. The maximum atomic E-state index is 12.4. The van der Waals surface area contributed by atoms with Gasteiger partial charge in [-0.3, -0.25) is 0 Å². The zero-order valence-electron chi connectivity index (χ0n) is 16.3. The van der Waals surface area contributed by atoms with E-state index in [1.165, 1.54) is 32.1 Å². The first-order chi connectivity index (χ1) is 11.2. The molecule has 0 spiro atoms. The number of carbonyl (C=O) groups excluding carboxylic acids is 1. The molecule has 0 radical (unpaired) electrons. The second-order valence-electron chi connectivity index (χ2n) is 7.28. The number of ether oxygens (including phenoxy) is 1. The first kappa shape index (κ1) is 23.3. The lowest BCUT2D eigenvalue weighted by atomic mass is 10.0. The highest BCUT2D eigenvalue weighted by Gasteiger charge is 2.24. The first-order valence-electron chi connectivity index (χ1n) is 9.25. The number of unbranched alkanes of at least 4 members (excludes halogenated alkanes) is 5. The normalized spacial score (nSPS) is 14.2. The molecule has 142 valence electrons. The van der Waals surface area contributed by atoms with Gasteiger partial charge in [-0.05, 0) is 40.5 Å². The summed E-state index contributed by atoms with van der Waals surface area (Å²) in [7, 11) is -1.15. The van der Waals surface area contributed by atoms with Crippen LogP contribution in [0, 0.1) is 0 Å². The van der Waals surface area contributed by atoms with Crippen molar-refractivity contribution in [3.8, 4) is 0 Å². The van der Waals surface area contributed by atoms with Crippen molar-refractivity contribution in [3.05, 3.63) is 12.2 Å². The molecule has 0 aromatic carbocycles. The van der Waals surface area contributed by atoms with Crippen molar-refractivity contribution < 1.29 is 13.7 Å². The fourth-order valence-electron chi connectivity index (χ4n) is 2.32. The number of nitrogens with one attached hydrogen (secondary N) is 1. The van der Waals surface area contributed by atoms with Gasteiger partial charge < -0.3 is 4.74 Å². The molecule has 0 aliphatic rings. The zero-order valence-corrected chi connectivity index (χ0v) is 17.1. The lowest BCUT2D eigenvalue weighted by Crippen LogP contribution is -2.40. The van der Waals surface area contributed by atoms with E-state index in [4.69, 9.17) is 4.74 Å². The molecule has 0 rings (SSSR count). The van der Waals surface area contributed by atoms with Gasteiger partial charge in [0.25, 0.3) is 0 Å². The topological polar surface area (TPSA) is 55.4 Å². The first-order valence-corrected chi connectivity index (χ1v) is 10.4. The van der Waals surface area contributed by atoms with Crippen LogP contribution in [0.15, 0.2) is 12.2 Å². The quantitative estimate of drug-likeness (QED) is 0.295. The third-order valence-corrected chi connectivity index (χ3v) is 5.45. The summed E-state index contributed by atoms with van der Waals surface area (Å²) in [5, 5.41) is 0. The van der Waals surface area contributed by atoms with Gasteiger partial charge in [-0.1, -0.05) is 52.0 Å².